The first-order chi connectivity index (χ1) is 10.4. The Morgan fingerprint density at radius 2 is 2.05 bits per heavy atom. The number of aromatic nitrogens is 3. The molecule has 1 N–H and O–H groups in total. The Morgan fingerprint density at radius 1 is 1.36 bits per heavy atom. The first-order valence-corrected chi connectivity index (χ1v) is 7.46. The Kier molecular flexibility index (Phi) is 3.74. The van der Waals surface area contributed by atoms with Crippen molar-refractivity contribution in [3.05, 3.63) is 23.8 Å². The number of nitrogens with zero attached hydrogens (tertiary/aromatic N) is 4. The van der Waals surface area contributed by atoms with Gasteiger partial charge in [0.15, 0.2) is 5.69 Å². The van der Waals surface area contributed by atoms with Gasteiger partial charge in [0.1, 0.15) is 5.76 Å². The van der Waals surface area contributed by atoms with Crippen LogP contribution in [0.5, 0.6) is 0 Å². The molecule has 118 valence electrons. The van der Waals surface area contributed by atoms with Crippen LogP contribution in [0.15, 0.2) is 16.8 Å². The number of rotatable bonds is 2. The second-order valence-corrected chi connectivity index (χ2v) is 6.01. The summed E-state index contributed by atoms with van der Waals surface area (Å²) in [6.07, 6.45) is 3.49. The number of amides is 1. The minimum Gasteiger partial charge on any atom is -0.440 e. The SMILES string of the molecule is Cc1oc(-c2cnn(C)c2)nc1C(=O)N1CC(C)NC(C)C1. The number of hydrogen-bond acceptors (Lipinski definition) is 5. The van der Waals surface area contributed by atoms with Gasteiger partial charge in [-0.2, -0.15) is 5.10 Å². The van der Waals surface area contributed by atoms with Crippen LogP contribution < -0.4 is 5.32 Å². The van der Waals surface area contributed by atoms with Gasteiger partial charge in [0.25, 0.3) is 5.91 Å². The first-order valence-electron chi connectivity index (χ1n) is 7.46. The second kappa shape index (κ2) is 5.57. The van der Waals surface area contributed by atoms with E-state index in [9.17, 15) is 4.79 Å². The Balaban J connectivity index is 1.85. The number of carbonyl (C=O) groups is 1. The minimum absolute atomic E-state index is 0.0726. The summed E-state index contributed by atoms with van der Waals surface area (Å²) in [6.45, 7) is 7.28. The fourth-order valence-corrected chi connectivity index (χ4v) is 2.89. The summed E-state index contributed by atoms with van der Waals surface area (Å²) in [6, 6.07) is 0.551. The van der Waals surface area contributed by atoms with Gasteiger partial charge in [0.2, 0.25) is 5.89 Å². The lowest BCUT2D eigenvalue weighted by Gasteiger charge is -2.35. The molecule has 0 aromatic carbocycles. The lowest BCUT2D eigenvalue weighted by molar-refractivity contribution is 0.0667. The van der Waals surface area contributed by atoms with Crippen molar-refractivity contribution in [1.82, 2.24) is 25.0 Å². The molecule has 3 heterocycles. The molecule has 0 spiro atoms. The van der Waals surface area contributed by atoms with Crippen LogP contribution in [0.3, 0.4) is 0 Å². The number of oxazole rings is 1. The Bertz CT molecular complexity index is 680. The van der Waals surface area contributed by atoms with Gasteiger partial charge in [0.05, 0.1) is 11.8 Å². The molecule has 1 aliphatic heterocycles. The third-order valence-electron chi connectivity index (χ3n) is 3.80. The summed E-state index contributed by atoms with van der Waals surface area (Å²) in [4.78, 5) is 18.9. The summed E-state index contributed by atoms with van der Waals surface area (Å²) >= 11 is 0. The van der Waals surface area contributed by atoms with Crippen LogP contribution in [0, 0.1) is 6.92 Å². The highest BCUT2D eigenvalue weighted by Crippen LogP contribution is 2.22. The number of carbonyl (C=O) groups excluding carboxylic acids is 1. The Labute approximate surface area is 129 Å². The molecular formula is C15H21N5O2. The van der Waals surface area contributed by atoms with E-state index >= 15 is 0 Å². The largest absolute Gasteiger partial charge is 0.440 e. The van der Waals surface area contributed by atoms with E-state index in [1.165, 1.54) is 0 Å². The summed E-state index contributed by atoms with van der Waals surface area (Å²) in [5.41, 5.74) is 1.16. The average Bonchev–Trinajstić information content (AvgIpc) is 3.03. The topological polar surface area (TPSA) is 76.2 Å². The highest BCUT2D eigenvalue weighted by atomic mass is 16.4. The summed E-state index contributed by atoms with van der Waals surface area (Å²) < 4.78 is 7.33. The fraction of sp³-hybridized carbons (Fsp3) is 0.533. The van der Waals surface area contributed by atoms with Gasteiger partial charge in [-0.15, -0.1) is 0 Å². The Hall–Kier alpha value is -2.15. The van der Waals surface area contributed by atoms with Gasteiger partial charge < -0.3 is 14.6 Å². The zero-order chi connectivity index (χ0) is 15.9. The number of hydrogen-bond donors (Lipinski definition) is 1. The van der Waals surface area contributed by atoms with Crippen molar-refractivity contribution in [3.63, 3.8) is 0 Å². The third-order valence-corrected chi connectivity index (χ3v) is 3.80. The summed E-state index contributed by atoms with van der Waals surface area (Å²) in [7, 11) is 1.83. The predicted octanol–water partition coefficient (Wildman–Crippen LogP) is 1.21. The lowest BCUT2D eigenvalue weighted by Crippen LogP contribution is -2.56. The van der Waals surface area contributed by atoms with E-state index in [0.717, 1.165) is 5.56 Å². The molecule has 22 heavy (non-hydrogen) atoms. The quantitative estimate of drug-likeness (QED) is 0.902. The maximum absolute atomic E-state index is 12.7. The summed E-state index contributed by atoms with van der Waals surface area (Å²) in [5, 5.41) is 7.51. The molecule has 2 atom stereocenters. The van der Waals surface area contributed by atoms with Crippen molar-refractivity contribution in [2.45, 2.75) is 32.9 Å². The molecule has 1 saturated heterocycles. The molecule has 7 heteroatoms. The van der Waals surface area contributed by atoms with E-state index in [-0.39, 0.29) is 18.0 Å². The van der Waals surface area contributed by atoms with Crippen LogP contribution in [-0.2, 0) is 7.05 Å². The van der Waals surface area contributed by atoms with E-state index in [0.29, 0.717) is 30.4 Å². The first kappa shape index (κ1) is 14.8. The van der Waals surface area contributed by atoms with Crippen LogP contribution in [0.2, 0.25) is 0 Å². The Morgan fingerprint density at radius 3 is 2.64 bits per heavy atom. The maximum atomic E-state index is 12.7. The van der Waals surface area contributed by atoms with Crippen molar-refractivity contribution in [1.29, 1.82) is 0 Å². The van der Waals surface area contributed by atoms with Crippen LogP contribution in [0.4, 0.5) is 0 Å². The van der Waals surface area contributed by atoms with E-state index in [4.69, 9.17) is 4.42 Å². The molecule has 1 amide bonds. The second-order valence-electron chi connectivity index (χ2n) is 6.01. The van der Waals surface area contributed by atoms with Crippen molar-refractivity contribution < 1.29 is 9.21 Å². The van der Waals surface area contributed by atoms with E-state index in [1.807, 2.05) is 18.1 Å². The van der Waals surface area contributed by atoms with Crippen molar-refractivity contribution in [2.75, 3.05) is 13.1 Å². The smallest absolute Gasteiger partial charge is 0.276 e. The van der Waals surface area contributed by atoms with E-state index in [1.54, 1.807) is 17.8 Å². The molecule has 0 saturated carbocycles. The normalized spacial score (nSPS) is 22.1. The van der Waals surface area contributed by atoms with Crippen molar-refractivity contribution in [3.8, 4) is 11.5 Å². The molecule has 0 bridgehead atoms. The van der Waals surface area contributed by atoms with E-state index in [2.05, 4.69) is 29.2 Å². The van der Waals surface area contributed by atoms with Gasteiger partial charge in [-0.3, -0.25) is 9.48 Å². The number of piperazine rings is 1. The minimum atomic E-state index is -0.0726. The monoisotopic (exact) mass is 303 g/mol. The van der Waals surface area contributed by atoms with Crippen molar-refractivity contribution in [2.24, 2.45) is 7.05 Å². The van der Waals surface area contributed by atoms with Crippen LogP contribution in [0.25, 0.3) is 11.5 Å². The number of aryl methyl sites for hydroxylation is 2. The third kappa shape index (κ3) is 2.76. The summed E-state index contributed by atoms with van der Waals surface area (Å²) in [5.74, 6) is 0.907. The highest BCUT2D eigenvalue weighted by Gasteiger charge is 2.29. The van der Waals surface area contributed by atoms with E-state index < -0.39 is 0 Å². The molecule has 2 aromatic heterocycles. The molecule has 7 nitrogen and oxygen atoms in total. The molecular weight excluding hydrogens is 282 g/mol. The molecule has 0 radical (unpaired) electrons. The van der Waals surface area contributed by atoms with Crippen molar-refractivity contribution >= 4 is 5.91 Å². The van der Waals surface area contributed by atoms with Crippen LogP contribution in [0.1, 0.15) is 30.1 Å². The standard InChI is InChI=1S/C15H21N5O2/c1-9-6-20(7-10(2)17-9)15(21)13-11(3)22-14(18-13)12-5-16-19(4)8-12/h5,8-10,17H,6-7H2,1-4H3. The zero-order valence-corrected chi connectivity index (χ0v) is 13.3. The highest BCUT2D eigenvalue weighted by molar-refractivity contribution is 5.93. The average molecular weight is 303 g/mol. The molecule has 1 aliphatic rings. The molecule has 3 rings (SSSR count). The van der Waals surface area contributed by atoms with Crippen LogP contribution >= 0.6 is 0 Å². The van der Waals surface area contributed by atoms with Gasteiger partial charge in [-0.25, -0.2) is 4.98 Å². The van der Waals surface area contributed by atoms with Gasteiger partial charge in [-0.1, -0.05) is 0 Å². The van der Waals surface area contributed by atoms with Gasteiger partial charge in [0, 0.05) is 38.4 Å². The zero-order valence-electron chi connectivity index (χ0n) is 13.3. The molecule has 2 unspecified atom stereocenters. The predicted molar refractivity (Wildman–Crippen MR) is 81.4 cm³/mol. The van der Waals surface area contributed by atoms with Crippen LogP contribution in [-0.4, -0.2) is 50.7 Å². The molecule has 2 aromatic rings. The fourth-order valence-electron chi connectivity index (χ4n) is 2.89. The molecule has 1 fully saturated rings. The number of nitrogens with one attached hydrogen (secondary N) is 1. The lowest BCUT2D eigenvalue weighted by atomic mass is 10.1. The molecule has 0 aliphatic carbocycles. The van der Waals surface area contributed by atoms with Gasteiger partial charge >= 0.3 is 0 Å². The maximum Gasteiger partial charge on any atom is 0.276 e. The van der Waals surface area contributed by atoms with Gasteiger partial charge in [-0.05, 0) is 20.8 Å².